The molecule has 0 spiro atoms. The summed E-state index contributed by atoms with van der Waals surface area (Å²) in [5.74, 6) is -1.60. The van der Waals surface area contributed by atoms with E-state index in [4.69, 9.17) is 16.3 Å². The lowest BCUT2D eigenvalue weighted by Crippen LogP contribution is -2.05. The molecule has 0 radical (unpaired) electrons. The molecule has 0 aliphatic heterocycles. The fraction of sp³-hybridized carbons (Fsp3) is 0.188. The highest BCUT2D eigenvalue weighted by Crippen LogP contribution is 2.27. The molecule has 3 rings (SSSR count). The molecular weight excluding hydrogens is 298 g/mol. The molecule has 0 unspecified atom stereocenters. The van der Waals surface area contributed by atoms with Gasteiger partial charge in [0.1, 0.15) is 17.4 Å². The Bertz CT molecular complexity index is 694. The van der Waals surface area contributed by atoms with Crippen molar-refractivity contribution in [3.63, 3.8) is 0 Å². The van der Waals surface area contributed by atoms with Crippen LogP contribution in [0.25, 0.3) is 0 Å². The zero-order valence-corrected chi connectivity index (χ0v) is 11.7. The summed E-state index contributed by atoms with van der Waals surface area (Å²) >= 11 is 5.47. The summed E-state index contributed by atoms with van der Waals surface area (Å²) in [6, 6.07) is 7.98. The van der Waals surface area contributed by atoms with E-state index < -0.39 is 17.4 Å². The van der Waals surface area contributed by atoms with Gasteiger partial charge in [0.25, 0.3) is 0 Å². The van der Waals surface area contributed by atoms with Crippen LogP contribution in [-0.2, 0) is 0 Å². The molecule has 108 valence electrons. The van der Waals surface area contributed by atoms with Crippen molar-refractivity contribution in [1.29, 1.82) is 0 Å². The number of carbonyl (C=O) groups is 1. The highest BCUT2D eigenvalue weighted by Gasteiger charge is 2.23. The van der Waals surface area contributed by atoms with Gasteiger partial charge in [-0.2, -0.15) is 0 Å². The van der Waals surface area contributed by atoms with Crippen LogP contribution in [0.4, 0.5) is 8.78 Å². The van der Waals surface area contributed by atoms with Gasteiger partial charge in [-0.25, -0.2) is 8.78 Å². The molecule has 1 saturated carbocycles. The third kappa shape index (κ3) is 3.05. The molecule has 21 heavy (non-hydrogen) atoms. The molecule has 1 aliphatic rings. The van der Waals surface area contributed by atoms with E-state index in [0.29, 0.717) is 5.75 Å². The number of ether oxygens (including phenoxy) is 1. The first-order valence-electron chi connectivity index (χ1n) is 6.50. The number of ketones is 1. The maximum Gasteiger partial charge on any atom is 0.196 e. The second kappa shape index (κ2) is 5.45. The average molecular weight is 309 g/mol. The van der Waals surface area contributed by atoms with Crippen LogP contribution in [-0.4, -0.2) is 11.9 Å². The molecule has 0 atom stereocenters. The molecule has 0 amide bonds. The summed E-state index contributed by atoms with van der Waals surface area (Å²) in [6.07, 6.45) is 2.33. The van der Waals surface area contributed by atoms with Crippen molar-refractivity contribution >= 4 is 17.4 Å². The van der Waals surface area contributed by atoms with E-state index in [0.717, 1.165) is 25.0 Å². The SMILES string of the molecule is O=C(c1ccc(OC2CC2)cc1)c1cc(F)c(Cl)cc1F. The van der Waals surface area contributed by atoms with Crippen molar-refractivity contribution in [3.8, 4) is 5.75 Å². The van der Waals surface area contributed by atoms with E-state index in [2.05, 4.69) is 0 Å². The molecule has 0 saturated heterocycles. The number of benzene rings is 2. The van der Waals surface area contributed by atoms with Crippen LogP contribution in [0.2, 0.25) is 5.02 Å². The molecule has 0 heterocycles. The predicted molar refractivity (Wildman–Crippen MR) is 74.9 cm³/mol. The molecule has 1 aliphatic carbocycles. The maximum atomic E-state index is 13.7. The van der Waals surface area contributed by atoms with Gasteiger partial charge in [-0.3, -0.25) is 4.79 Å². The second-order valence-corrected chi connectivity index (χ2v) is 5.32. The van der Waals surface area contributed by atoms with Crippen molar-refractivity contribution in [2.75, 3.05) is 0 Å². The molecule has 0 bridgehead atoms. The lowest BCUT2D eigenvalue weighted by Gasteiger charge is -2.07. The molecule has 1 fully saturated rings. The van der Waals surface area contributed by atoms with Gasteiger partial charge >= 0.3 is 0 Å². The van der Waals surface area contributed by atoms with Crippen LogP contribution < -0.4 is 4.74 Å². The first-order chi connectivity index (χ1) is 10.0. The Morgan fingerprint density at radius 1 is 1.10 bits per heavy atom. The largest absolute Gasteiger partial charge is 0.490 e. The van der Waals surface area contributed by atoms with Crippen LogP contribution in [0, 0.1) is 11.6 Å². The quantitative estimate of drug-likeness (QED) is 0.618. The van der Waals surface area contributed by atoms with E-state index in [9.17, 15) is 13.6 Å². The molecule has 2 aromatic carbocycles. The molecule has 2 aromatic rings. The third-order valence-electron chi connectivity index (χ3n) is 3.20. The van der Waals surface area contributed by atoms with Gasteiger partial charge in [-0.1, -0.05) is 11.6 Å². The Morgan fingerprint density at radius 2 is 1.76 bits per heavy atom. The van der Waals surface area contributed by atoms with Crippen molar-refractivity contribution < 1.29 is 18.3 Å². The van der Waals surface area contributed by atoms with Gasteiger partial charge in [0.05, 0.1) is 16.7 Å². The van der Waals surface area contributed by atoms with Crippen molar-refractivity contribution in [1.82, 2.24) is 0 Å². The molecule has 5 heteroatoms. The Labute approximate surface area is 125 Å². The van der Waals surface area contributed by atoms with E-state index in [-0.39, 0.29) is 22.3 Å². The zero-order valence-electron chi connectivity index (χ0n) is 10.9. The van der Waals surface area contributed by atoms with Crippen molar-refractivity contribution in [2.45, 2.75) is 18.9 Å². The minimum Gasteiger partial charge on any atom is -0.490 e. The van der Waals surface area contributed by atoms with Crippen LogP contribution in [0.15, 0.2) is 36.4 Å². The van der Waals surface area contributed by atoms with E-state index in [1.165, 1.54) is 12.1 Å². The Balaban J connectivity index is 1.85. The lowest BCUT2D eigenvalue weighted by molar-refractivity contribution is 0.103. The number of rotatable bonds is 4. The van der Waals surface area contributed by atoms with E-state index in [1.807, 2.05) is 0 Å². The Hall–Kier alpha value is -1.94. The lowest BCUT2D eigenvalue weighted by atomic mass is 10.0. The Morgan fingerprint density at radius 3 is 2.38 bits per heavy atom. The van der Waals surface area contributed by atoms with Gasteiger partial charge in [-0.15, -0.1) is 0 Å². The number of hydrogen-bond donors (Lipinski definition) is 0. The third-order valence-corrected chi connectivity index (χ3v) is 3.49. The number of carbonyl (C=O) groups excluding carboxylic acids is 1. The average Bonchev–Trinajstić information content (AvgIpc) is 3.27. The number of halogens is 3. The normalized spacial score (nSPS) is 14.0. The van der Waals surface area contributed by atoms with Crippen LogP contribution in [0.5, 0.6) is 5.75 Å². The zero-order chi connectivity index (χ0) is 15.0. The minimum atomic E-state index is -0.843. The van der Waals surface area contributed by atoms with Gasteiger partial charge in [0, 0.05) is 5.56 Å². The van der Waals surface area contributed by atoms with Gasteiger partial charge in [0.2, 0.25) is 0 Å². The topological polar surface area (TPSA) is 26.3 Å². The summed E-state index contributed by atoms with van der Waals surface area (Å²) in [7, 11) is 0. The van der Waals surface area contributed by atoms with E-state index >= 15 is 0 Å². The van der Waals surface area contributed by atoms with Crippen LogP contribution >= 0.6 is 11.6 Å². The summed E-state index contributed by atoms with van der Waals surface area (Å²) in [4.78, 5) is 12.2. The second-order valence-electron chi connectivity index (χ2n) is 4.92. The van der Waals surface area contributed by atoms with Crippen LogP contribution in [0.3, 0.4) is 0 Å². The maximum absolute atomic E-state index is 13.7. The highest BCUT2D eigenvalue weighted by molar-refractivity contribution is 6.30. The minimum absolute atomic E-state index is 0.259. The fourth-order valence-corrected chi connectivity index (χ4v) is 2.07. The molecule has 2 nitrogen and oxygen atoms in total. The monoisotopic (exact) mass is 308 g/mol. The number of hydrogen-bond acceptors (Lipinski definition) is 2. The molecule has 0 aromatic heterocycles. The highest BCUT2D eigenvalue weighted by atomic mass is 35.5. The van der Waals surface area contributed by atoms with Crippen LogP contribution in [0.1, 0.15) is 28.8 Å². The first-order valence-corrected chi connectivity index (χ1v) is 6.88. The van der Waals surface area contributed by atoms with Crippen molar-refractivity contribution in [2.24, 2.45) is 0 Å². The van der Waals surface area contributed by atoms with Gasteiger partial charge < -0.3 is 4.74 Å². The van der Waals surface area contributed by atoms with Gasteiger partial charge in [0.15, 0.2) is 5.78 Å². The first kappa shape index (κ1) is 14.0. The summed E-state index contributed by atoms with van der Waals surface area (Å²) in [6.45, 7) is 0. The summed E-state index contributed by atoms with van der Waals surface area (Å²) in [5, 5.41) is -0.350. The van der Waals surface area contributed by atoms with Crippen molar-refractivity contribution in [3.05, 3.63) is 64.2 Å². The van der Waals surface area contributed by atoms with Gasteiger partial charge in [-0.05, 0) is 49.2 Å². The summed E-state index contributed by atoms with van der Waals surface area (Å²) in [5.41, 5.74) is -0.0773. The Kier molecular flexibility index (Phi) is 3.64. The smallest absolute Gasteiger partial charge is 0.196 e. The van der Waals surface area contributed by atoms with E-state index in [1.54, 1.807) is 12.1 Å². The molecule has 0 N–H and O–H groups in total. The standard InChI is InChI=1S/C16H11ClF2O2/c17-13-8-14(18)12(7-15(13)19)16(20)9-1-3-10(4-2-9)21-11-5-6-11/h1-4,7-8,11H,5-6H2. The molecular formula is C16H11ClF2O2. The predicted octanol–water partition coefficient (Wildman–Crippen LogP) is 4.39. The fourth-order valence-electron chi connectivity index (χ4n) is 1.92. The summed E-state index contributed by atoms with van der Waals surface area (Å²) < 4.78 is 32.7.